The van der Waals surface area contributed by atoms with Crippen LogP contribution in [0.4, 0.5) is 0 Å². The summed E-state index contributed by atoms with van der Waals surface area (Å²) >= 11 is 7.89. The van der Waals surface area contributed by atoms with Crippen LogP contribution in [0.1, 0.15) is 6.42 Å². The molecule has 0 rings (SSSR count). The van der Waals surface area contributed by atoms with E-state index in [1.807, 2.05) is 0 Å². The molecule has 0 aromatic heterocycles. The minimum absolute atomic E-state index is 0.102. The zero-order valence-electron chi connectivity index (χ0n) is 11.8. The summed E-state index contributed by atoms with van der Waals surface area (Å²) in [6.07, 6.45) is -0.497. The van der Waals surface area contributed by atoms with Crippen molar-refractivity contribution >= 4 is 48.9 Å². The molecule has 0 spiro atoms. The number of amides is 4. The number of hydrogen-bond donors (Lipinski definition) is 6. The molecule has 0 fully saturated rings. The van der Waals surface area contributed by atoms with Gasteiger partial charge in [0.1, 0.15) is 18.5 Å². The number of thiol groups is 2. The van der Waals surface area contributed by atoms with Crippen LogP contribution in [0.5, 0.6) is 0 Å². The number of likely N-dealkylation sites (N-methyl/N-ethyl adjacent to an activating group) is 2. The van der Waals surface area contributed by atoms with Gasteiger partial charge in [0.05, 0.1) is 0 Å². The lowest BCUT2D eigenvalue weighted by molar-refractivity contribution is -0.134. The third-order valence-electron chi connectivity index (χ3n) is 2.48. The number of carbonyl (C=O) groups is 4. The predicted octanol–water partition coefficient (Wildman–Crippen LogP) is -2.30. The van der Waals surface area contributed by atoms with Crippen LogP contribution < -0.4 is 21.3 Å². The standard InChI is InChI=1S/C11H20N4O4S2/c1-12-10(18)6(4-20)14-8(16)3-9(17)15-7(5-21)11(19)13-2/h6-7,20-21H,3-5H2,1-2H3,(H,12,18)(H,13,19)(H,14,16)(H,15,17). The average molecular weight is 336 g/mol. The van der Waals surface area contributed by atoms with Crippen LogP contribution in [-0.4, -0.2) is 61.3 Å². The monoisotopic (exact) mass is 336 g/mol. The maximum Gasteiger partial charge on any atom is 0.243 e. The Balaban J connectivity index is 4.41. The van der Waals surface area contributed by atoms with Gasteiger partial charge in [0.2, 0.25) is 23.6 Å². The van der Waals surface area contributed by atoms with E-state index in [0.29, 0.717) is 0 Å². The van der Waals surface area contributed by atoms with Crippen LogP contribution in [0, 0.1) is 0 Å². The van der Waals surface area contributed by atoms with Gasteiger partial charge in [-0.3, -0.25) is 19.2 Å². The second kappa shape index (κ2) is 10.3. The van der Waals surface area contributed by atoms with E-state index >= 15 is 0 Å². The van der Waals surface area contributed by atoms with Crippen molar-refractivity contribution in [3.63, 3.8) is 0 Å². The van der Waals surface area contributed by atoms with E-state index in [9.17, 15) is 19.2 Å². The van der Waals surface area contributed by atoms with Crippen LogP contribution >= 0.6 is 25.3 Å². The van der Waals surface area contributed by atoms with E-state index in [0.717, 1.165) is 0 Å². The summed E-state index contributed by atoms with van der Waals surface area (Å²) in [7, 11) is 2.86. The van der Waals surface area contributed by atoms with Crippen LogP contribution in [-0.2, 0) is 19.2 Å². The van der Waals surface area contributed by atoms with Crippen molar-refractivity contribution in [1.29, 1.82) is 0 Å². The molecular formula is C11H20N4O4S2. The summed E-state index contributed by atoms with van der Waals surface area (Å²) in [4.78, 5) is 46.1. The van der Waals surface area contributed by atoms with Gasteiger partial charge in [-0.2, -0.15) is 25.3 Å². The van der Waals surface area contributed by atoms with Gasteiger partial charge < -0.3 is 21.3 Å². The minimum atomic E-state index is -0.821. The highest BCUT2D eigenvalue weighted by molar-refractivity contribution is 7.80. The van der Waals surface area contributed by atoms with Crippen LogP contribution in [0.3, 0.4) is 0 Å². The fraction of sp³-hybridized carbons (Fsp3) is 0.636. The quantitative estimate of drug-likeness (QED) is 0.221. The topological polar surface area (TPSA) is 116 Å². The summed E-state index contributed by atoms with van der Waals surface area (Å²) in [6, 6.07) is -1.64. The number of rotatable bonds is 8. The normalized spacial score (nSPS) is 12.8. The lowest BCUT2D eigenvalue weighted by atomic mass is 10.2. The Hall–Kier alpha value is -1.42. The molecule has 0 bridgehead atoms. The van der Waals surface area contributed by atoms with Gasteiger partial charge in [0.15, 0.2) is 0 Å². The molecule has 0 heterocycles. The first-order chi connectivity index (χ1) is 9.89. The van der Waals surface area contributed by atoms with Crippen molar-refractivity contribution in [2.45, 2.75) is 18.5 Å². The SMILES string of the molecule is CNC(=O)C(CS)NC(=O)CC(=O)NC(CS)C(=O)NC. The Morgan fingerprint density at radius 1 is 0.810 bits per heavy atom. The van der Waals surface area contributed by atoms with Crippen LogP contribution in [0.25, 0.3) is 0 Å². The molecule has 0 aliphatic carbocycles. The van der Waals surface area contributed by atoms with Gasteiger partial charge in [-0.1, -0.05) is 0 Å². The van der Waals surface area contributed by atoms with E-state index in [4.69, 9.17) is 0 Å². The second-order valence-electron chi connectivity index (χ2n) is 4.01. The maximum atomic E-state index is 11.6. The molecule has 0 saturated carbocycles. The van der Waals surface area contributed by atoms with Crippen molar-refractivity contribution in [2.24, 2.45) is 0 Å². The Bertz CT molecular complexity index is 370. The fourth-order valence-electron chi connectivity index (χ4n) is 1.37. The summed E-state index contributed by atoms with van der Waals surface area (Å²) in [6.45, 7) is 0. The van der Waals surface area contributed by atoms with Crippen molar-refractivity contribution in [2.75, 3.05) is 25.6 Å². The highest BCUT2D eigenvalue weighted by Gasteiger charge is 2.22. The number of carbonyl (C=O) groups excluding carboxylic acids is 4. The lowest BCUT2D eigenvalue weighted by Crippen LogP contribution is -2.50. The predicted molar refractivity (Wildman–Crippen MR) is 84.3 cm³/mol. The van der Waals surface area contributed by atoms with Crippen molar-refractivity contribution in [3.05, 3.63) is 0 Å². The van der Waals surface area contributed by atoms with E-state index in [1.165, 1.54) is 14.1 Å². The molecule has 2 unspecified atom stereocenters. The average Bonchev–Trinajstić information content (AvgIpc) is 2.48. The van der Waals surface area contributed by atoms with E-state index in [-0.39, 0.29) is 11.5 Å². The lowest BCUT2D eigenvalue weighted by Gasteiger charge is -2.17. The molecule has 120 valence electrons. The van der Waals surface area contributed by atoms with Crippen molar-refractivity contribution < 1.29 is 19.2 Å². The Morgan fingerprint density at radius 3 is 1.38 bits per heavy atom. The summed E-state index contributed by atoms with van der Waals surface area (Å²) in [5.41, 5.74) is 0. The zero-order valence-corrected chi connectivity index (χ0v) is 13.6. The van der Waals surface area contributed by atoms with Gasteiger partial charge in [-0.15, -0.1) is 0 Å². The minimum Gasteiger partial charge on any atom is -0.357 e. The highest BCUT2D eigenvalue weighted by Crippen LogP contribution is 1.93. The van der Waals surface area contributed by atoms with E-state index in [1.54, 1.807) is 0 Å². The molecule has 4 N–H and O–H groups in total. The molecular weight excluding hydrogens is 316 g/mol. The van der Waals surface area contributed by atoms with Crippen LogP contribution in [0.2, 0.25) is 0 Å². The van der Waals surface area contributed by atoms with Gasteiger partial charge in [-0.25, -0.2) is 0 Å². The first-order valence-electron chi connectivity index (χ1n) is 6.13. The molecule has 2 atom stereocenters. The highest BCUT2D eigenvalue weighted by atomic mass is 32.1. The molecule has 4 amide bonds. The fourth-order valence-corrected chi connectivity index (χ4v) is 1.89. The maximum absolute atomic E-state index is 11.6. The molecule has 0 aromatic carbocycles. The second-order valence-corrected chi connectivity index (χ2v) is 4.74. The molecule has 0 radical (unpaired) electrons. The Kier molecular flexibility index (Phi) is 9.63. The summed E-state index contributed by atoms with van der Waals surface area (Å²) < 4.78 is 0. The van der Waals surface area contributed by atoms with Crippen LogP contribution in [0.15, 0.2) is 0 Å². The summed E-state index contributed by atoms with van der Waals surface area (Å²) in [5, 5.41) is 9.49. The zero-order chi connectivity index (χ0) is 16.4. The van der Waals surface area contributed by atoms with Gasteiger partial charge in [-0.05, 0) is 0 Å². The van der Waals surface area contributed by atoms with Gasteiger partial charge in [0, 0.05) is 25.6 Å². The number of nitrogens with one attached hydrogen (secondary N) is 4. The molecule has 0 aromatic rings. The third-order valence-corrected chi connectivity index (χ3v) is 3.21. The van der Waals surface area contributed by atoms with E-state index < -0.39 is 42.1 Å². The molecule has 8 nitrogen and oxygen atoms in total. The number of hydrogen-bond acceptors (Lipinski definition) is 6. The van der Waals surface area contributed by atoms with E-state index in [2.05, 4.69) is 46.5 Å². The first-order valence-corrected chi connectivity index (χ1v) is 7.39. The van der Waals surface area contributed by atoms with Gasteiger partial charge in [0.25, 0.3) is 0 Å². The molecule has 21 heavy (non-hydrogen) atoms. The Labute approximate surface area is 134 Å². The van der Waals surface area contributed by atoms with Gasteiger partial charge >= 0.3 is 0 Å². The Morgan fingerprint density at radius 2 is 1.14 bits per heavy atom. The molecule has 0 aliphatic heterocycles. The van der Waals surface area contributed by atoms with Crippen molar-refractivity contribution in [1.82, 2.24) is 21.3 Å². The van der Waals surface area contributed by atoms with Crippen molar-refractivity contribution in [3.8, 4) is 0 Å². The summed E-state index contributed by atoms with van der Waals surface area (Å²) in [5.74, 6) is -1.88. The molecule has 0 saturated heterocycles. The smallest absolute Gasteiger partial charge is 0.243 e. The molecule has 0 aliphatic rings. The largest absolute Gasteiger partial charge is 0.357 e. The molecule has 10 heteroatoms. The third kappa shape index (κ3) is 7.23. The first kappa shape index (κ1) is 19.6.